The summed E-state index contributed by atoms with van der Waals surface area (Å²) < 4.78 is 0. The summed E-state index contributed by atoms with van der Waals surface area (Å²) in [6.45, 7) is 4.31. The van der Waals surface area contributed by atoms with Gasteiger partial charge in [-0.25, -0.2) is 0 Å². The van der Waals surface area contributed by atoms with Crippen LogP contribution in [0.25, 0.3) is 0 Å². The van der Waals surface area contributed by atoms with Gasteiger partial charge < -0.3 is 5.11 Å². The molecule has 0 aliphatic rings. The smallest absolute Gasteiger partial charge is 0.317 e. The SMILES string of the molecule is CCC(C)c1ccc(C(C(=O)O)c2ccccn2)cc1. The lowest BCUT2D eigenvalue weighted by molar-refractivity contribution is -0.137. The van der Waals surface area contributed by atoms with Crippen molar-refractivity contribution in [3.8, 4) is 0 Å². The maximum absolute atomic E-state index is 11.5. The fourth-order valence-electron chi connectivity index (χ4n) is 2.24. The van der Waals surface area contributed by atoms with Crippen LogP contribution in [-0.2, 0) is 4.79 Å². The predicted molar refractivity (Wildman–Crippen MR) is 78.9 cm³/mol. The normalized spacial score (nSPS) is 13.7. The number of hydrogen-bond acceptors (Lipinski definition) is 2. The average Bonchev–Trinajstić information content (AvgIpc) is 2.48. The summed E-state index contributed by atoms with van der Waals surface area (Å²) in [5.74, 6) is -1.09. The Hall–Kier alpha value is -2.16. The Balaban J connectivity index is 2.34. The number of aromatic nitrogens is 1. The molecule has 0 fully saturated rings. The monoisotopic (exact) mass is 269 g/mol. The highest BCUT2D eigenvalue weighted by Crippen LogP contribution is 2.26. The van der Waals surface area contributed by atoms with Crippen LogP contribution in [0.3, 0.4) is 0 Å². The summed E-state index contributed by atoms with van der Waals surface area (Å²) >= 11 is 0. The first kappa shape index (κ1) is 14.3. The molecule has 0 aliphatic heterocycles. The number of nitrogens with zero attached hydrogens (tertiary/aromatic N) is 1. The van der Waals surface area contributed by atoms with Crippen molar-refractivity contribution < 1.29 is 9.90 Å². The number of carboxylic acids is 1. The maximum Gasteiger partial charge on any atom is 0.317 e. The molecule has 0 bridgehead atoms. The van der Waals surface area contributed by atoms with Crippen LogP contribution in [0, 0.1) is 0 Å². The van der Waals surface area contributed by atoms with Crippen molar-refractivity contribution in [2.75, 3.05) is 0 Å². The largest absolute Gasteiger partial charge is 0.480 e. The Bertz CT molecular complexity index is 563. The minimum atomic E-state index is -0.875. The van der Waals surface area contributed by atoms with Gasteiger partial charge in [0.1, 0.15) is 5.92 Å². The first-order valence-electron chi connectivity index (χ1n) is 6.87. The van der Waals surface area contributed by atoms with Gasteiger partial charge in [0.25, 0.3) is 0 Å². The summed E-state index contributed by atoms with van der Waals surface area (Å²) in [5.41, 5.74) is 2.57. The summed E-state index contributed by atoms with van der Waals surface area (Å²) in [6, 6.07) is 13.2. The Labute approximate surface area is 119 Å². The topological polar surface area (TPSA) is 50.2 Å². The molecule has 2 rings (SSSR count). The van der Waals surface area contributed by atoms with Crippen LogP contribution >= 0.6 is 0 Å². The highest BCUT2D eigenvalue weighted by atomic mass is 16.4. The third-order valence-corrected chi connectivity index (χ3v) is 3.68. The van der Waals surface area contributed by atoms with Crippen LogP contribution in [0.1, 0.15) is 48.9 Å². The molecule has 0 aliphatic carbocycles. The van der Waals surface area contributed by atoms with Gasteiger partial charge in [-0.2, -0.15) is 0 Å². The van der Waals surface area contributed by atoms with Crippen LogP contribution in [0.5, 0.6) is 0 Å². The fourth-order valence-corrected chi connectivity index (χ4v) is 2.24. The molecule has 1 heterocycles. The molecule has 2 atom stereocenters. The highest BCUT2D eigenvalue weighted by molar-refractivity contribution is 5.79. The molecule has 0 saturated carbocycles. The quantitative estimate of drug-likeness (QED) is 0.898. The molecule has 20 heavy (non-hydrogen) atoms. The lowest BCUT2D eigenvalue weighted by atomic mass is 9.91. The zero-order valence-electron chi connectivity index (χ0n) is 11.8. The molecule has 3 nitrogen and oxygen atoms in total. The van der Waals surface area contributed by atoms with E-state index >= 15 is 0 Å². The lowest BCUT2D eigenvalue weighted by Crippen LogP contribution is -2.14. The number of rotatable bonds is 5. The van der Waals surface area contributed by atoms with E-state index in [1.807, 2.05) is 30.3 Å². The van der Waals surface area contributed by atoms with Gasteiger partial charge in [0.05, 0.1) is 5.69 Å². The molecule has 1 N–H and O–H groups in total. The van der Waals surface area contributed by atoms with Gasteiger partial charge in [0.2, 0.25) is 0 Å². The summed E-state index contributed by atoms with van der Waals surface area (Å²) in [6.07, 6.45) is 2.70. The number of carboxylic acid groups (broad SMARTS) is 1. The zero-order chi connectivity index (χ0) is 14.5. The minimum Gasteiger partial charge on any atom is -0.480 e. The molecule has 0 saturated heterocycles. The van der Waals surface area contributed by atoms with E-state index in [1.54, 1.807) is 18.3 Å². The molecule has 1 aromatic heterocycles. The number of aliphatic carboxylic acids is 1. The van der Waals surface area contributed by atoms with Gasteiger partial charge in [-0.3, -0.25) is 9.78 Å². The first-order valence-corrected chi connectivity index (χ1v) is 6.87. The van der Waals surface area contributed by atoms with Crippen LogP contribution in [-0.4, -0.2) is 16.1 Å². The minimum absolute atomic E-state index is 0.488. The lowest BCUT2D eigenvalue weighted by Gasteiger charge is -2.14. The van der Waals surface area contributed by atoms with E-state index in [9.17, 15) is 9.90 Å². The van der Waals surface area contributed by atoms with Crippen molar-refractivity contribution in [1.29, 1.82) is 0 Å². The van der Waals surface area contributed by atoms with Crippen molar-refractivity contribution in [3.63, 3.8) is 0 Å². The Morgan fingerprint density at radius 2 is 1.80 bits per heavy atom. The first-order chi connectivity index (χ1) is 9.63. The van der Waals surface area contributed by atoms with Crippen LogP contribution in [0.15, 0.2) is 48.7 Å². The molecule has 2 aromatic rings. The average molecular weight is 269 g/mol. The Morgan fingerprint density at radius 3 is 2.30 bits per heavy atom. The van der Waals surface area contributed by atoms with Gasteiger partial charge in [-0.05, 0) is 35.6 Å². The predicted octanol–water partition coefficient (Wildman–Crippen LogP) is 3.81. The van der Waals surface area contributed by atoms with Crippen LogP contribution in [0.2, 0.25) is 0 Å². The Morgan fingerprint density at radius 1 is 1.15 bits per heavy atom. The fraction of sp³-hybridized carbons (Fsp3) is 0.294. The van der Waals surface area contributed by atoms with E-state index in [0.717, 1.165) is 12.0 Å². The number of pyridine rings is 1. The molecule has 0 radical (unpaired) electrons. The van der Waals surface area contributed by atoms with Gasteiger partial charge in [0, 0.05) is 6.20 Å². The van der Waals surface area contributed by atoms with E-state index in [2.05, 4.69) is 18.8 Å². The van der Waals surface area contributed by atoms with Gasteiger partial charge in [0.15, 0.2) is 0 Å². The van der Waals surface area contributed by atoms with Crippen LogP contribution < -0.4 is 0 Å². The van der Waals surface area contributed by atoms with E-state index in [0.29, 0.717) is 11.6 Å². The van der Waals surface area contributed by atoms with Gasteiger partial charge >= 0.3 is 5.97 Å². The van der Waals surface area contributed by atoms with E-state index in [4.69, 9.17) is 0 Å². The molecule has 3 heteroatoms. The van der Waals surface area contributed by atoms with Gasteiger partial charge in [-0.1, -0.05) is 44.2 Å². The zero-order valence-corrected chi connectivity index (χ0v) is 11.8. The number of benzene rings is 1. The number of carbonyl (C=O) groups is 1. The van der Waals surface area contributed by atoms with Crippen molar-refractivity contribution in [1.82, 2.24) is 4.98 Å². The summed E-state index contributed by atoms with van der Waals surface area (Å²) in [7, 11) is 0. The van der Waals surface area contributed by atoms with E-state index < -0.39 is 11.9 Å². The third kappa shape index (κ3) is 3.05. The highest BCUT2D eigenvalue weighted by Gasteiger charge is 2.23. The van der Waals surface area contributed by atoms with Crippen molar-refractivity contribution in [3.05, 3.63) is 65.5 Å². The summed E-state index contributed by atoms with van der Waals surface area (Å²) in [5, 5.41) is 9.46. The van der Waals surface area contributed by atoms with Crippen molar-refractivity contribution in [2.24, 2.45) is 0 Å². The second kappa shape index (κ2) is 6.33. The standard InChI is InChI=1S/C17H19NO2/c1-3-12(2)13-7-9-14(10-8-13)16(17(19)20)15-6-4-5-11-18-15/h4-12,16H,3H2,1-2H3,(H,19,20). The van der Waals surface area contributed by atoms with Crippen molar-refractivity contribution in [2.45, 2.75) is 32.1 Å². The molecular formula is C17H19NO2. The molecule has 1 aromatic carbocycles. The summed E-state index contributed by atoms with van der Waals surface area (Å²) in [4.78, 5) is 15.7. The van der Waals surface area contributed by atoms with E-state index in [1.165, 1.54) is 5.56 Å². The second-order valence-electron chi connectivity index (χ2n) is 5.00. The van der Waals surface area contributed by atoms with Crippen molar-refractivity contribution >= 4 is 5.97 Å². The molecule has 0 amide bonds. The molecule has 2 unspecified atom stereocenters. The number of hydrogen-bond donors (Lipinski definition) is 1. The Kier molecular flexibility index (Phi) is 4.51. The molecular weight excluding hydrogens is 250 g/mol. The van der Waals surface area contributed by atoms with Crippen LogP contribution in [0.4, 0.5) is 0 Å². The maximum atomic E-state index is 11.5. The van der Waals surface area contributed by atoms with E-state index in [-0.39, 0.29) is 0 Å². The molecule has 0 spiro atoms. The second-order valence-corrected chi connectivity index (χ2v) is 5.00. The van der Waals surface area contributed by atoms with Gasteiger partial charge in [-0.15, -0.1) is 0 Å². The molecule has 104 valence electrons. The third-order valence-electron chi connectivity index (χ3n) is 3.68.